The molecule has 2 unspecified atom stereocenters. The van der Waals surface area contributed by atoms with Gasteiger partial charge in [-0.25, -0.2) is 4.79 Å². The number of carbonyl (C=O) groups excluding carboxylic acids is 4. The van der Waals surface area contributed by atoms with Crippen LogP contribution >= 0.6 is 0 Å². The number of amides is 4. The molecule has 0 saturated carbocycles. The molecule has 1 rings (SSSR count). The van der Waals surface area contributed by atoms with Crippen molar-refractivity contribution in [2.24, 2.45) is 5.73 Å². The maximum Gasteiger partial charge on any atom is 0.408 e. The van der Waals surface area contributed by atoms with Gasteiger partial charge in [-0.05, 0) is 65.5 Å². The molecule has 36 heavy (non-hydrogen) atoms. The highest BCUT2D eigenvalue weighted by Crippen LogP contribution is 2.25. The molecule has 0 aliphatic rings. The molecule has 1 aromatic rings. The van der Waals surface area contributed by atoms with Gasteiger partial charge < -0.3 is 26.0 Å². The minimum atomic E-state index is -1.15. The van der Waals surface area contributed by atoms with Crippen molar-refractivity contribution < 1.29 is 23.9 Å². The molecule has 0 aromatic heterocycles. The van der Waals surface area contributed by atoms with Crippen LogP contribution in [0.3, 0.4) is 0 Å². The van der Waals surface area contributed by atoms with Gasteiger partial charge in [0.25, 0.3) is 0 Å². The average molecular weight is 503 g/mol. The summed E-state index contributed by atoms with van der Waals surface area (Å²) in [6.07, 6.45) is 1.33. The van der Waals surface area contributed by atoms with Crippen molar-refractivity contribution in [3.63, 3.8) is 0 Å². The van der Waals surface area contributed by atoms with E-state index in [1.165, 1.54) is 11.0 Å². The number of rotatable bonds is 11. The first kappa shape index (κ1) is 30.7. The van der Waals surface area contributed by atoms with E-state index in [0.717, 1.165) is 12.0 Å². The number of nitrogens with two attached hydrogens (primary N) is 1. The Morgan fingerprint density at radius 1 is 1.08 bits per heavy atom. The van der Waals surface area contributed by atoms with Crippen molar-refractivity contribution in [3.05, 3.63) is 48.0 Å². The topological polar surface area (TPSA) is 131 Å². The highest BCUT2D eigenvalue weighted by molar-refractivity contribution is 5.92. The molecule has 4 N–H and O–H groups in total. The van der Waals surface area contributed by atoms with E-state index in [1.54, 1.807) is 20.8 Å². The largest absolute Gasteiger partial charge is 0.444 e. The fourth-order valence-corrected chi connectivity index (χ4v) is 3.50. The Morgan fingerprint density at radius 3 is 2.11 bits per heavy atom. The number of carbonyl (C=O) groups is 4. The van der Waals surface area contributed by atoms with E-state index in [9.17, 15) is 19.2 Å². The number of aryl methyl sites for hydroxylation is 1. The lowest BCUT2D eigenvalue weighted by Crippen LogP contribution is -2.54. The normalized spacial score (nSPS) is 13.2. The third kappa shape index (κ3) is 10.5. The van der Waals surface area contributed by atoms with E-state index >= 15 is 0 Å². The summed E-state index contributed by atoms with van der Waals surface area (Å²) in [6, 6.07) is 5.30. The van der Waals surface area contributed by atoms with Crippen LogP contribution in [0.4, 0.5) is 4.79 Å². The Morgan fingerprint density at radius 2 is 1.67 bits per heavy atom. The minimum absolute atomic E-state index is 0.0274. The van der Waals surface area contributed by atoms with Gasteiger partial charge >= 0.3 is 6.09 Å². The second-order valence-electron chi connectivity index (χ2n) is 10.7. The smallest absolute Gasteiger partial charge is 0.408 e. The first-order chi connectivity index (χ1) is 16.6. The lowest BCUT2D eigenvalue weighted by molar-refractivity contribution is -0.142. The van der Waals surface area contributed by atoms with E-state index in [-0.39, 0.29) is 25.3 Å². The average Bonchev–Trinajstić information content (AvgIpc) is 2.73. The number of nitrogens with one attached hydrogen (secondary N) is 2. The zero-order valence-corrected chi connectivity index (χ0v) is 22.6. The third-order valence-electron chi connectivity index (χ3n) is 5.04. The fraction of sp³-hybridized carbons (Fsp3) is 0.556. The van der Waals surface area contributed by atoms with Crippen LogP contribution in [0.2, 0.25) is 0 Å². The number of alkyl carbamates (subject to hydrolysis) is 1. The van der Waals surface area contributed by atoms with Gasteiger partial charge in [0.15, 0.2) is 0 Å². The summed E-state index contributed by atoms with van der Waals surface area (Å²) in [5, 5.41) is 5.50. The molecule has 0 radical (unpaired) electrons. The van der Waals surface area contributed by atoms with Gasteiger partial charge in [-0.1, -0.05) is 37.3 Å². The van der Waals surface area contributed by atoms with Gasteiger partial charge in [0, 0.05) is 18.5 Å². The van der Waals surface area contributed by atoms with Crippen LogP contribution in [0.25, 0.3) is 0 Å². The number of hydrogen-bond acceptors (Lipinski definition) is 5. The van der Waals surface area contributed by atoms with E-state index < -0.39 is 41.1 Å². The second-order valence-corrected chi connectivity index (χ2v) is 10.7. The summed E-state index contributed by atoms with van der Waals surface area (Å²) in [6.45, 7) is 16.4. The number of hydrogen-bond donors (Lipinski definition) is 3. The van der Waals surface area contributed by atoms with Gasteiger partial charge in [0.05, 0.1) is 0 Å². The minimum Gasteiger partial charge on any atom is -0.444 e. The van der Waals surface area contributed by atoms with Crippen LogP contribution in [0, 0.1) is 0 Å². The molecule has 9 heteroatoms. The van der Waals surface area contributed by atoms with Crippen molar-refractivity contribution >= 4 is 23.8 Å². The SMILES string of the molecule is C=CCN(C(=O)C(CCC(N)=O)NC(=O)OC(C)(C)C)C(C(=O)NC(C)(C)C)c1ccc(CC)cc1. The molecule has 0 saturated heterocycles. The van der Waals surface area contributed by atoms with Crippen molar-refractivity contribution in [1.82, 2.24) is 15.5 Å². The maximum atomic E-state index is 13.8. The van der Waals surface area contributed by atoms with Gasteiger partial charge in [-0.3, -0.25) is 14.4 Å². The fourth-order valence-electron chi connectivity index (χ4n) is 3.50. The monoisotopic (exact) mass is 502 g/mol. The Balaban J connectivity index is 3.48. The predicted octanol–water partition coefficient (Wildman–Crippen LogP) is 3.38. The van der Waals surface area contributed by atoms with Crippen LogP contribution in [-0.4, -0.2) is 52.4 Å². The van der Waals surface area contributed by atoms with E-state index in [0.29, 0.717) is 5.56 Å². The highest BCUT2D eigenvalue weighted by Gasteiger charge is 2.36. The summed E-state index contributed by atoms with van der Waals surface area (Å²) in [7, 11) is 0. The number of ether oxygens (including phenoxy) is 1. The van der Waals surface area contributed by atoms with Crippen LogP contribution < -0.4 is 16.4 Å². The second kappa shape index (κ2) is 13.1. The molecule has 0 fully saturated rings. The third-order valence-corrected chi connectivity index (χ3v) is 5.04. The number of primary amides is 1. The molecule has 1 aromatic carbocycles. The lowest BCUT2D eigenvalue weighted by Gasteiger charge is -2.35. The Labute approximate surface area is 214 Å². The molecule has 0 spiro atoms. The van der Waals surface area contributed by atoms with Gasteiger partial charge in [0.1, 0.15) is 17.7 Å². The Bertz CT molecular complexity index is 929. The first-order valence-corrected chi connectivity index (χ1v) is 12.2. The summed E-state index contributed by atoms with van der Waals surface area (Å²) in [4.78, 5) is 52.7. The van der Waals surface area contributed by atoms with E-state index in [2.05, 4.69) is 17.2 Å². The molecule has 200 valence electrons. The first-order valence-electron chi connectivity index (χ1n) is 12.2. The maximum absolute atomic E-state index is 13.8. The van der Waals surface area contributed by atoms with Gasteiger partial charge in [-0.15, -0.1) is 6.58 Å². The summed E-state index contributed by atoms with van der Waals surface area (Å²) >= 11 is 0. The van der Waals surface area contributed by atoms with E-state index in [4.69, 9.17) is 10.5 Å². The lowest BCUT2D eigenvalue weighted by atomic mass is 9.98. The van der Waals surface area contributed by atoms with Gasteiger partial charge in [-0.2, -0.15) is 0 Å². The molecule has 0 bridgehead atoms. The van der Waals surface area contributed by atoms with Crippen LogP contribution in [0.15, 0.2) is 36.9 Å². The molecular weight excluding hydrogens is 460 g/mol. The summed E-state index contributed by atoms with van der Waals surface area (Å²) in [5.41, 5.74) is 5.66. The van der Waals surface area contributed by atoms with Crippen molar-refractivity contribution in [3.8, 4) is 0 Å². The molecule has 2 atom stereocenters. The highest BCUT2D eigenvalue weighted by atomic mass is 16.6. The molecule has 0 heterocycles. The molecule has 9 nitrogen and oxygen atoms in total. The van der Waals surface area contributed by atoms with Gasteiger partial charge in [0.2, 0.25) is 17.7 Å². The predicted molar refractivity (Wildman–Crippen MR) is 140 cm³/mol. The standard InChI is InChI=1S/C27H42N4O5/c1-9-17-31(24(34)20(15-16-21(28)32)29-25(35)36-27(6,7)8)22(23(33)30-26(3,4)5)19-13-11-18(10-2)12-14-19/h9,11-14,20,22H,1,10,15-17H2,2-8H3,(H2,28,32)(H,29,35)(H,30,33). The molecule has 0 aliphatic carbocycles. The molecule has 4 amide bonds. The number of nitrogens with zero attached hydrogens (tertiary/aromatic N) is 1. The van der Waals surface area contributed by atoms with Crippen molar-refractivity contribution in [2.75, 3.05) is 6.54 Å². The zero-order chi connectivity index (χ0) is 27.7. The zero-order valence-electron chi connectivity index (χ0n) is 22.6. The molecule has 0 aliphatic heterocycles. The van der Waals surface area contributed by atoms with Crippen molar-refractivity contribution in [2.45, 2.75) is 91.0 Å². The molecular formula is C27H42N4O5. The Kier molecular flexibility index (Phi) is 11.2. The quantitative estimate of drug-likeness (QED) is 0.399. The van der Waals surface area contributed by atoms with Crippen LogP contribution in [0.1, 0.15) is 78.5 Å². The van der Waals surface area contributed by atoms with Crippen LogP contribution in [-0.2, 0) is 25.5 Å². The van der Waals surface area contributed by atoms with Crippen LogP contribution in [0.5, 0.6) is 0 Å². The van der Waals surface area contributed by atoms with Crippen molar-refractivity contribution in [1.29, 1.82) is 0 Å². The summed E-state index contributed by atoms with van der Waals surface area (Å²) in [5.74, 6) is -1.56. The summed E-state index contributed by atoms with van der Waals surface area (Å²) < 4.78 is 5.31. The Hall–Kier alpha value is -3.36. The number of benzene rings is 1. The van der Waals surface area contributed by atoms with E-state index in [1.807, 2.05) is 52.0 Å².